The van der Waals surface area contributed by atoms with Gasteiger partial charge in [0.2, 0.25) is 0 Å². The molecule has 3 aliphatic rings. The Morgan fingerprint density at radius 3 is 2.37 bits per heavy atom. The highest BCUT2D eigenvalue weighted by molar-refractivity contribution is 8.26. The van der Waals surface area contributed by atoms with E-state index < -0.39 is 0 Å². The van der Waals surface area contributed by atoms with E-state index in [9.17, 15) is 14.9 Å². The molecule has 38 heavy (non-hydrogen) atoms. The molecule has 7 nitrogen and oxygen atoms in total. The number of amides is 1. The summed E-state index contributed by atoms with van der Waals surface area (Å²) in [5, 5.41) is 9.91. The first-order valence-electron chi connectivity index (χ1n) is 13.4. The highest BCUT2D eigenvalue weighted by Gasteiger charge is 2.38. The molecule has 198 valence electrons. The number of piperazine rings is 1. The molecule has 1 saturated carbocycles. The van der Waals surface area contributed by atoms with Crippen LogP contribution >= 0.6 is 24.0 Å². The van der Waals surface area contributed by atoms with Crippen molar-refractivity contribution in [3.05, 3.63) is 62.3 Å². The van der Waals surface area contributed by atoms with Gasteiger partial charge >= 0.3 is 0 Å². The lowest BCUT2D eigenvalue weighted by Gasteiger charge is -2.39. The summed E-state index contributed by atoms with van der Waals surface area (Å²) in [6, 6.07) is 12.7. The third-order valence-electron chi connectivity index (χ3n) is 7.78. The molecule has 3 heterocycles. The predicted molar refractivity (Wildman–Crippen MR) is 159 cm³/mol. The van der Waals surface area contributed by atoms with Crippen LogP contribution in [-0.2, 0) is 11.3 Å². The van der Waals surface area contributed by atoms with Gasteiger partial charge in [-0.3, -0.25) is 19.1 Å². The molecule has 2 aliphatic heterocycles. The van der Waals surface area contributed by atoms with Crippen molar-refractivity contribution in [1.29, 1.82) is 5.26 Å². The Labute approximate surface area is 233 Å². The summed E-state index contributed by atoms with van der Waals surface area (Å²) in [6.45, 7) is 7.44. The van der Waals surface area contributed by atoms with Crippen molar-refractivity contribution in [3.63, 3.8) is 0 Å². The molecule has 0 atom stereocenters. The van der Waals surface area contributed by atoms with Crippen molar-refractivity contribution in [2.24, 2.45) is 0 Å². The number of carbonyl (C=O) groups excluding carboxylic acids is 1. The van der Waals surface area contributed by atoms with Crippen LogP contribution in [0, 0.1) is 18.3 Å². The SMILES string of the molecule is CCCn1c(N2CCN(c3ccccc3)CC2)c(C=C2SC(=S)N(C3CCCC3)C2=O)c(C)c(C#N)c1=O. The van der Waals surface area contributed by atoms with Crippen LogP contribution in [-0.4, -0.2) is 51.9 Å². The van der Waals surface area contributed by atoms with Crippen LogP contribution in [0.4, 0.5) is 11.5 Å². The Balaban J connectivity index is 1.56. The number of rotatable bonds is 6. The van der Waals surface area contributed by atoms with Gasteiger partial charge in [-0.2, -0.15) is 5.26 Å². The zero-order chi connectivity index (χ0) is 26.8. The largest absolute Gasteiger partial charge is 0.368 e. The van der Waals surface area contributed by atoms with Gasteiger partial charge in [-0.25, -0.2) is 0 Å². The van der Waals surface area contributed by atoms with Crippen molar-refractivity contribution in [1.82, 2.24) is 9.47 Å². The summed E-state index contributed by atoms with van der Waals surface area (Å²) in [6.07, 6.45) is 6.84. The number of benzene rings is 1. The summed E-state index contributed by atoms with van der Waals surface area (Å²) in [7, 11) is 0. The van der Waals surface area contributed by atoms with Gasteiger partial charge in [0.25, 0.3) is 11.5 Å². The molecule has 1 aromatic heterocycles. The smallest absolute Gasteiger partial charge is 0.270 e. The number of aromatic nitrogens is 1. The fourth-order valence-corrected chi connectivity index (χ4v) is 7.20. The van der Waals surface area contributed by atoms with Gasteiger partial charge in [0, 0.05) is 50.0 Å². The molecule has 5 rings (SSSR count). The molecule has 2 saturated heterocycles. The van der Waals surface area contributed by atoms with Gasteiger partial charge in [0.05, 0.1) is 4.91 Å². The first kappa shape index (κ1) is 26.5. The van der Waals surface area contributed by atoms with Crippen LogP contribution in [0.15, 0.2) is 40.0 Å². The number of hydrogen-bond acceptors (Lipinski definition) is 7. The van der Waals surface area contributed by atoms with E-state index in [1.807, 2.05) is 38.1 Å². The molecule has 1 aliphatic carbocycles. The number of thiocarbonyl (C=S) groups is 1. The number of pyridine rings is 1. The molecule has 2 aromatic rings. The second-order valence-corrected chi connectivity index (χ2v) is 11.8. The third-order valence-corrected chi connectivity index (χ3v) is 9.11. The standard InChI is InChI=1S/C29H33N5O2S2/c1-3-13-33-26(32-16-14-31(15-17-32)21-9-5-4-6-10-21)23(20(2)24(19-30)27(33)35)18-25-28(36)34(29(37)38-25)22-11-7-8-12-22/h4-6,9-10,18,22H,3,7-8,11-17H2,1-2H3. The Hall–Kier alpha value is -3.09. The lowest BCUT2D eigenvalue weighted by molar-refractivity contribution is -0.123. The summed E-state index contributed by atoms with van der Waals surface area (Å²) >= 11 is 6.97. The monoisotopic (exact) mass is 547 g/mol. The molecular weight excluding hydrogens is 514 g/mol. The molecule has 0 radical (unpaired) electrons. The molecular formula is C29H33N5O2S2. The number of nitriles is 1. The van der Waals surface area contributed by atoms with Crippen LogP contribution in [0.3, 0.4) is 0 Å². The third kappa shape index (κ3) is 4.87. The zero-order valence-corrected chi connectivity index (χ0v) is 23.6. The van der Waals surface area contributed by atoms with Gasteiger partial charge in [-0.05, 0) is 50.0 Å². The molecule has 9 heteroatoms. The average Bonchev–Trinajstić information content (AvgIpc) is 3.55. The van der Waals surface area contributed by atoms with Crippen molar-refractivity contribution >= 4 is 51.8 Å². The lowest BCUT2D eigenvalue weighted by Crippen LogP contribution is -2.48. The van der Waals surface area contributed by atoms with Crippen LogP contribution in [0.1, 0.15) is 55.7 Å². The van der Waals surface area contributed by atoms with E-state index in [4.69, 9.17) is 12.2 Å². The van der Waals surface area contributed by atoms with E-state index in [-0.39, 0.29) is 23.1 Å². The first-order valence-corrected chi connectivity index (χ1v) is 14.7. The van der Waals surface area contributed by atoms with Gasteiger partial charge in [0.1, 0.15) is 21.8 Å². The van der Waals surface area contributed by atoms with Crippen molar-refractivity contribution in [2.45, 2.75) is 58.5 Å². The molecule has 3 fully saturated rings. The minimum atomic E-state index is -0.261. The fourth-order valence-electron chi connectivity index (χ4n) is 5.82. The number of para-hydroxylation sites is 1. The maximum Gasteiger partial charge on any atom is 0.270 e. The number of anilines is 2. The van der Waals surface area contributed by atoms with Crippen LogP contribution in [0.25, 0.3) is 6.08 Å². The molecule has 0 spiro atoms. The Kier molecular flexibility index (Phi) is 7.91. The quantitative estimate of drug-likeness (QED) is 0.376. The highest BCUT2D eigenvalue weighted by Crippen LogP contribution is 2.39. The maximum atomic E-state index is 13.5. The second-order valence-electron chi connectivity index (χ2n) is 10.1. The predicted octanol–water partition coefficient (Wildman–Crippen LogP) is 4.91. The lowest BCUT2D eigenvalue weighted by atomic mass is 10.0. The van der Waals surface area contributed by atoms with Gasteiger partial charge < -0.3 is 9.80 Å². The average molecular weight is 548 g/mol. The van der Waals surface area contributed by atoms with E-state index in [2.05, 4.69) is 28.0 Å². The Morgan fingerprint density at radius 1 is 1.08 bits per heavy atom. The minimum Gasteiger partial charge on any atom is -0.368 e. The van der Waals surface area contributed by atoms with Crippen LogP contribution in [0.2, 0.25) is 0 Å². The van der Waals surface area contributed by atoms with Gasteiger partial charge in [-0.1, -0.05) is 61.9 Å². The zero-order valence-electron chi connectivity index (χ0n) is 22.0. The number of thioether (sulfide) groups is 1. The number of carbonyl (C=O) groups is 1. The minimum absolute atomic E-state index is 0.0575. The van der Waals surface area contributed by atoms with E-state index in [1.165, 1.54) is 17.4 Å². The second kappa shape index (κ2) is 11.3. The maximum absolute atomic E-state index is 13.5. The molecule has 1 amide bonds. The van der Waals surface area contributed by atoms with Crippen molar-refractivity contribution in [3.8, 4) is 6.07 Å². The normalized spacial score (nSPS) is 19.6. The Morgan fingerprint density at radius 2 is 1.74 bits per heavy atom. The van der Waals surface area contributed by atoms with Gasteiger partial charge in [0.15, 0.2) is 0 Å². The molecule has 0 N–H and O–H groups in total. The van der Waals surface area contributed by atoms with Gasteiger partial charge in [-0.15, -0.1) is 0 Å². The van der Waals surface area contributed by atoms with Crippen LogP contribution in [0.5, 0.6) is 0 Å². The van der Waals surface area contributed by atoms with E-state index in [0.29, 0.717) is 21.3 Å². The number of nitrogens with zero attached hydrogens (tertiary/aromatic N) is 5. The summed E-state index contributed by atoms with van der Waals surface area (Å²) in [5.74, 6) is 0.741. The summed E-state index contributed by atoms with van der Waals surface area (Å²) in [5.41, 5.74) is 2.46. The summed E-state index contributed by atoms with van der Waals surface area (Å²) < 4.78 is 2.35. The van der Waals surface area contributed by atoms with E-state index >= 15 is 0 Å². The highest BCUT2D eigenvalue weighted by atomic mass is 32.2. The summed E-state index contributed by atoms with van der Waals surface area (Å²) in [4.78, 5) is 34.0. The van der Waals surface area contributed by atoms with Crippen molar-refractivity contribution in [2.75, 3.05) is 36.0 Å². The molecule has 0 bridgehead atoms. The van der Waals surface area contributed by atoms with Crippen LogP contribution < -0.4 is 15.4 Å². The molecule has 1 aromatic carbocycles. The topological polar surface area (TPSA) is 72.6 Å². The number of hydrogen-bond donors (Lipinski definition) is 0. The van der Waals surface area contributed by atoms with Crippen molar-refractivity contribution < 1.29 is 4.79 Å². The molecule has 0 unspecified atom stereocenters. The Bertz CT molecular complexity index is 1360. The van der Waals surface area contributed by atoms with E-state index in [0.717, 1.165) is 69.7 Å². The first-order chi connectivity index (χ1) is 18.4. The van der Waals surface area contributed by atoms with E-state index in [1.54, 1.807) is 9.47 Å². The fraction of sp³-hybridized carbons (Fsp3) is 0.448.